The fraction of sp³-hybridized carbons (Fsp3) is 0.357. The second kappa shape index (κ2) is 5.83. The molecule has 1 aromatic carbocycles. The van der Waals surface area contributed by atoms with E-state index in [9.17, 15) is 4.79 Å². The lowest BCUT2D eigenvalue weighted by Crippen LogP contribution is -2.43. The van der Waals surface area contributed by atoms with Crippen LogP contribution in [0.4, 0.5) is 0 Å². The average molecular weight is 307 g/mol. The molecule has 1 aliphatic rings. The first-order valence-electron chi connectivity index (χ1n) is 6.65. The topological polar surface area (TPSA) is 69.0 Å². The van der Waals surface area contributed by atoms with E-state index in [0.29, 0.717) is 22.5 Å². The van der Waals surface area contributed by atoms with Gasteiger partial charge in [-0.3, -0.25) is 4.79 Å². The predicted octanol–water partition coefficient (Wildman–Crippen LogP) is 1.51. The Balaban J connectivity index is 1.76. The second-order valence-electron chi connectivity index (χ2n) is 4.95. The molecule has 21 heavy (non-hydrogen) atoms. The van der Waals surface area contributed by atoms with Crippen LogP contribution in [0.5, 0.6) is 5.75 Å². The average Bonchev–Trinajstić information content (AvgIpc) is 2.86. The first-order valence-corrected chi connectivity index (χ1v) is 7.03. The van der Waals surface area contributed by atoms with Gasteiger partial charge in [-0.2, -0.15) is 0 Å². The van der Waals surface area contributed by atoms with E-state index in [4.69, 9.17) is 16.3 Å². The third kappa shape index (κ3) is 2.91. The maximum absolute atomic E-state index is 12.3. The predicted molar refractivity (Wildman–Crippen MR) is 78.0 cm³/mol. The van der Waals surface area contributed by atoms with Crippen molar-refractivity contribution in [2.24, 2.45) is 0 Å². The van der Waals surface area contributed by atoms with Crippen molar-refractivity contribution in [2.75, 3.05) is 20.2 Å². The van der Waals surface area contributed by atoms with Gasteiger partial charge in [0.25, 0.3) is 0 Å². The highest BCUT2D eigenvalue weighted by molar-refractivity contribution is 6.30. The molecule has 0 radical (unpaired) electrons. The molecular weight excluding hydrogens is 292 g/mol. The highest BCUT2D eigenvalue weighted by atomic mass is 35.5. The zero-order chi connectivity index (χ0) is 14.8. The molecule has 1 aliphatic heterocycles. The summed E-state index contributed by atoms with van der Waals surface area (Å²) >= 11 is 5.97. The number of methoxy groups -OCH3 is 1. The number of halogens is 1. The lowest BCUT2D eigenvalue weighted by atomic mass is 10.1. The van der Waals surface area contributed by atoms with Gasteiger partial charge in [-0.15, -0.1) is 5.10 Å². The lowest BCUT2D eigenvalue weighted by Gasteiger charge is -2.26. The number of aromatic nitrogens is 3. The van der Waals surface area contributed by atoms with Gasteiger partial charge in [-0.1, -0.05) is 16.8 Å². The summed E-state index contributed by atoms with van der Waals surface area (Å²) in [7, 11) is 1.57. The van der Waals surface area contributed by atoms with E-state index in [-0.39, 0.29) is 12.2 Å². The minimum absolute atomic E-state index is 0.103. The SMILES string of the molecule is COc1ccc(Cl)cc1CC(=O)c1cn(C2CNC2)nn1. The lowest BCUT2D eigenvalue weighted by molar-refractivity contribution is 0.0987. The number of rotatable bonds is 5. The molecule has 0 unspecified atom stereocenters. The maximum atomic E-state index is 12.3. The maximum Gasteiger partial charge on any atom is 0.189 e. The molecule has 0 saturated carbocycles. The fourth-order valence-corrected chi connectivity index (χ4v) is 2.39. The van der Waals surface area contributed by atoms with Gasteiger partial charge in [0.05, 0.1) is 19.3 Å². The van der Waals surface area contributed by atoms with Gasteiger partial charge in [0.15, 0.2) is 5.78 Å². The number of carbonyl (C=O) groups is 1. The molecule has 110 valence electrons. The Bertz CT molecular complexity index is 667. The van der Waals surface area contributed by atoms with Gasteiger partial charge >= 0.3 is 0 Å². The molecule has 2 aromatic rings. The molecule has 2 heterocycles. The summed E-state index contributed by atoms with van der Waals surface area (Å²) in [6.07, 6.45) is 1.89. The molecule has 3 rings (SSSR count). The van der Waals surface area contributed by atoms with Gasteiger partial charge in [-0.25, -0.2) is 4.68 Å². The van der Waals surface area contributed by atoms with Crippen molar-refractivity contribution in [3.05, 3.63) is 40.7 Å². The van der Waals surface area contributed by atoms with Crippen LogP contribution in [0.1, 0.15) is 22.1 Å². The van der Waals surface area contributed by atoms with Crippen LogP contribution in [-0.4, -0.2) is 41.0 Å². The number of nitrogens with zero attached hydrogens (tertiary/aromatic N) is 3. The fourth-order valence-electron chi connectivity index (χ4n) is 2.19. The van der Waals surface area contributed by atoms with Crippen molar-refractivity contribution in [3.63, 3.8) is 0 Å². The second-order valence-corrected chi connectivity index (χ2v) is 5.39. The van der Waals surface area contributed by atoms with Crippen LogP contribution in [0, 0.1) is 0 Å². The number of benzene rings is 1. The Kier molecular flexibility index (Phi) is 3.90. The summed E-state index contributed by atoms with van der Waals surface area (Å²) in [5.74, 6) is 0.539. The van der Waals surface area contributed by atoms with Crippen LogP contribution in [0.15, 0.2) is 24.4 Å². The van der Waals surface area contributed by atoms with Crippen LogP contribution >= 0.6 is 11.6 Å². The Hall–Kier alpha value is -1.92. The molecule has 0 spiro atoms. The van der Waals surface area contributed by atoms with E-state index < -0.39 is 0 Å². The summed E-state index contributed by atoms with van der Waals surface area (Å²) in [5.41, 5.74) is 1.11. The third-order valence-corrected chi connectivity index (χ3v) is 3.76. The minimum Gasteiger partial charge on any atom is -0.496 e. The highest BCUT2D eigenvalue weighted by Gasteiger charge is 2.22. The molecular formula is C14H15ClN4O2. The Morgan fingerprint density at radius 2 is 2.33 bits per heavy atom. The molecule has 0 aliphatic carbocycles. The molecule has 6 nitrogen and oxygen atoms in total. The van der Waals surface area contributed by atoms with Crippen molar-refractivity contribution < 1.29 is 9.53 Å². The van der Waals surface area contributed by atoms with Crippen LogP contribution in [-0.2, 0) is 6.42 Å². The summed E-state index contributed by atoms with van der Waals surface area (Å²) in [6, 6.07) is 5.51. The van der Waals surface area contributed by atoms with E-state index in [0.717, 1.165) is 18.7 Å². The van der Waals surface area contributed by atoms with Gasteiger partial charge in [-0.05, 0) is 18.2 Å². The number of ketones is 1. The zero-order valence-electron chi connectivity index (χ0n) is 11.5. The highest BCUT2D eigenvalue weighted by Crippen LogP contribution is 2.24. The van der Waals surface area contributed by atoms with Crippen LogP contribution in [0.25, 0.3) is 0 Å². The summed E-state index contributed by atoms with van der Waals surface area (Å²) in [6.45, 7) is 1.72. The van der Waals surface area contributed by atoms with Gasteiger partial charge in [0.1, 0.15) is 11.4 Å². The molecule has 0 atom stereocenters. The third-order valence-electron chi connectivity index (χ3n) is 3.52. The zero-order valence-corrected chi connectivity index (χ0v) is 12.3. The number of carbonyl (C=O) groups excluding carboxylic acids is 1. The van der Waals surface area contributed by atoms with E-state index in [2.05, 4.69) is 15.6 Å². The largest absolute Gasteiger partial charge is 0.496 e. The van der Waals surface area contributed by atoms with Crippen molar-refractivity contribution >= 4 is 17.4 Å². The molecule has 1 aromatic heterocycles. The van der Waals surface area contributed by atoms with Crippen molar-refractivity contribution in [1.82, 2.24) is 20.3 Å². The van der Waals surface area contributed by atoms with E-state index >= 15 is 0 Å². The number of Topliss-reactive ketones (excluding diaryl/α,β-unsaturated/α-hetero) is 1. The minimum atomic E-state index is -0.103. The first kappa shape index (κ1) is 14.0. The van der Waals surface area contributed by atoms with Gasteiger partial charge in [0.2, 0.25) is 0 Å². The Morgan fingerprint density at radius 3 is 3.00 bits per heavy atom. The normalized spacial score (nSPS) is 14.8. The van der Waals surface area contributed by atoms with Crippen molar-refractivity contribution in [2.45, 2.75) is 12.5 Å². The van der Waals surface area contributed by atoms with Crippen molar-refractivity contribution in [1.29, 1.82) is 0 Å². The number of ether oxygens (including phenoxy) is 1. The smallest absolute Gasteiger partial charge is 0.189 e. The molecule has 1 fully saturated rings. The van der Waals surface area contributed by atoms with Crippen molar-refractivity contribution in [3.8, 4) is 5.75 Å². The van der Waals surface area contributed by atoms with Crippen LogP contribution in [0.2, 0.25) is 5.02 Å². The van der Waals surface area contributed by atoms with Crippen LogP contribution < -0.4 is 10.1 Å². The van der Waals surface area contributed by atoms with Gasteiger partial charge in [0, 0.05) is 30.1 Å². The quantitative estimate of drug-likeness (QED) is 0.848. The number of nitrogens with one attached hydrogen (secondary N) is 1. The molecule has 1 saturated heterocycles. The molecule has 7 heteroatoms. The Morgan fingerprint density at radius 1 is 1.52 bits per heavy atom. The van der Waals surface area contributed by atoms with Crippen LogP contribution in [0.3, 0.4) is 0 Å². The molecule has 1 N–H and O–H groups in total. The number of hydrogen-bond donors (Lipinski definition) is 1. The van der Waals surface area contributed by atoms with Gasteiger partial charge < -0.3 is 10.1 Å². The summed E-state index contributed by atoms with van der Waals surface area (Å²) < 4.78 is 6.98. The van der Waals surface area contributed by atoms with E-state index in [1.165, 1.54) is 0 Å². The number of hydrogen-bond acceptors (Lipinski definition) is 5. The monoisotopic (exact) mass is 306 g/mol. The first-order chi connectivity index (χ1) is 10.2. The summed E-state index contributed by atoms with van der Waals surface area (Å²) in [4.78, 5) is 12.3. The Labute approximate surface area is 127 Å². The molecule has 0 bridgehead atoms. The van der Waals surface area contributed by atoms with E-state index in [1.54, 1.807) is 36.2 Å². The molecule has 0 amide bonds. The summed E-state index contributed by atoms with van der Waals surface area (Å²) in [5, 5.41) is 11.7. The van der Waals surface area contributed by atoms with E-state index in [1.807, 2.05) is 0 Å². The standard InChI is InChI=1S/C14H15ClN4O2/c1-21-14-3-2-10(15)4-9(14)5-13(20)12-8-19(18-17-12)11-6-16-7-11/h2-4,8,11,16H,5-7H2,1H3.